The van der Waals surface area contributed by atoms with Gasteiger partial charge in [-0.25, -0.2) is 0 Å². The van der Waals surface area contributed by atoms with E-state index in [1.807, 2.05) is 11.3 Å². The van der Waals surface area contributed by atoms with Gasteiger partial charge in [0.05, 0.1) is 0 Å². The lowest BCUT2D eigenvalue weighted by Crippen LogP contribution is -2.46. The number of piperidine rings is 1. The molecule has 0 radical (unpaired) electrons. The van der Waals surface area contributed by atoms with Gasteiger partial charge >= 0.3 is 0 Å². The summed E-state index contributed by atoms with van der Waals surface area (Å²) in [5.74, 6) is 1.09. The Kier molecular flexibility index (Phi) is 3.29. The average molecular weight is 263 g/mol. The SMILES string of the molecule is CC(C)C(c1cccs1)N1C2CCC1CC(=O)C2. The monoisotopic (exact) mass is 263 g/mol. The molecule has 2 aliphatic rings. The molecule has 3 heterocycles. The summed E-state index contributed by atoms with van der Waals surface area (Å²) in [7, 11) is 0. The van der Waals surface area contributed by atoms with Crippen molar-refractivity contribution in [2.45, 2.75) is 57.7 Å². The Balaban J connectivity index is 1.90. The molecule has 3 atom stereocenters. The highest BCUT2D eigenvalue weighted by Gasteiger charge is 2.44. The van der Waals surface area contributed by atoms with Gasteiger partial charge in [0.25, 0.3) is 0 Å². The smallest absolute Gasteiger partial charge is 0.136 e. The number of rotatable bonds is 3. The van der Waals surface area contributed by atoms with Gasteiger partial charge in [-0.15, -0.1) is 11.3 Å². The average Bonchev–Trinajstić information content (AvgIpc) is 2.89. The molecule has 2 aliphatic heterocycles. The predicted molar refractivity (Wildman–Crippen MR) is 74.8 cm³/mol. The Morgan fingerprint density at radius 1 is 1.28 bits per heavy atom. The standard InChI is InChI=1S/C15H21NOS/c1-10(2)15(14-4-3-7-18-14)16-11-5-6-12(16)9-13(17)8-11/h3-4,7,10-12,15H,5-6,8-9H2,1-2H3. The predicted octanol–water partition coefficient (Wildman–Crippen LogP) is 3.64. The number of Topliss-reactive ketones (excluding diaryl/α,β-unsaturated/α-hetero) is 1. The third-order valence-corrected chi connectivity index (χ3v) is 5.33. The van der Waals surface area contributed by atoms with Crippen LogP contribution in [0.2, 0.25) is 0 Å². The van der Waals surface area contributed by atoms with Crippen molar-refractivity contribution < 1.29 is 4.79 Å². The van der Waals surface area contributed by atoms with Crippen LogP contribution in [0.25, 0.3) is 0 Å². The van der Waals surface area contributed by atoms with Gasteiger partial charge in [0.2, 0.25) is 0 Å². The first-order valence-electron chi connectivity index (χ1n) is 6.99. The maximum atomic E-state index is 11.7. The Labute approximate surface area is 113 Å². The van der Waals surface area contributed by atoms with E-state index in [9.17, 15) is 4.79 Å². The summed E-state index contributed by atoms with van der Waals surface area (Å²) in [6.07, 6.45) is 3.99. The molecule has 1 aromatic heterocycles. The molecule has 98 valence electrons. The largest absolute Gasteiger partial charge is 0.300 e. The minimum Gasteiger partial charge on any atom is -0.300 e. The lowest BCUT2D eigenvalue weighted by atomic mass is 9.93. The molecule has 0 aliphatic carbocycles. The Bertz CT molecular complexity index is 410. The van der Waals surface area contributed by atoms with Crippen molar-refractivity contribution in [2.75, 3.05) is 0 Å². The molecule has 2 fully saturated rings. The molecule has 3 unspecified atom stereocenters. The van der Waals surface area contributed by atoms with E-state index >= 15 is 0 Å². The normalized spacial score (nSPS) is 30.1. The highest BCUT2D eigenvalue weighted by molar-refractivity contribution is 7.10. The summed E-state index contributed by atoms with van der Waals surface area (Å²) >= 11 is 1.86. The third-order valence-electron chi connectivity index (χ3n) is 4.39. The third kappa shape index (κ3) is 2.04. The van der Waals surface area contributed by atoms with Crippen LogP contribution >= 0.6 is 11.3 Å². The Hall–Kier alpha value is -0.670. The summed E-state index contributed by atoms with van der Waals surface area (Å²) in [4.78, 5) is 15.9. The van der Waals surface area contributed by atoms with Crippen LogP contribution in [-0.2, 0) is 4.79 Å². The Morgan fingerprint density at radius 3 is 2.44 bits per heavy atom. The molecule has 3 rings (SSSR count). The fourth-order valence-corrected chi connectivity index (χ4v) is 4.74. The molecule has 0 spiro atoms. The van der Waals surface area contributed by atoms with Crippen LogP contribution in [-0.4, -0.2) is 22.8 Å². The summed E-state index contributed by atoms with van der Waals surface area (Å²) < 4.78 is 0. The topological polar surface area (TPSA) is 20.3 Å². The molecule has 2 saturated heterocycles. The molecule has 18 heavy (non-hydrogen) atoms. The zero-order valence-electron chi connectivity index (χ0n) is 11.1. The van der Waals surface area contributed by atoms with Crippen molar-refractivity contribution in [1.82, 2.24) is 4.90 Å². The van der Waals surface area contributed by atoms with Crippen LogP contribution in [0.5, 0.6) is 0 Å². The molecule has 0 amide bonds. The quantitative estimate of drug-likeness (QED) is 0.830. The molecule has 2 nitrogen and oxygen atoms in total. The molecule has 0 saturated carbocycles. The number of hydrogen-bond acceptors (Lipinski definition) is 3. The molecule has 0 N–H and O–H groups in total. The second kappa shape index (κ2) is 4.78. The molecular weight excluding hydrogens is 242 g/mol. The first-order valence-corrected chi connectivity index (χ1v) is 7.87. The lowest BCUT2D eigenvalue weighted by molar-refractivity contribution is -0.124. The zero-order chi connectivity index (χ0) is 12.7. The van der Waals surface area contributed by atoms with Crippen molar-refractivity contribution in [2.24, 2.45) is 5.92 Å². The fraction of sp³-hybridized carbons (Fsp3) is 0.667. The van der Waals surface area contributed by atoms with Crippen LogP contribution in [0.4, 0.5) is 0 Å². The van der Waals surface area contributed by atoms with E-state index < -0.39 is 0 Å². The number of carbonyl (C=O) groups is 1. The highest BCUT2D eigenvalue weighted by atomic mass is 32.1. The first kappa shape index (κ1) is 12.4. The molecular formula is C15H21NOS. The lowest BCUT2D eigenvalue weighted by Gasteiger charge is -2.41. The fourth-order valence-electron chi connectivity index (χ4n) is 3.74. The van der Waals surface area contributed by atoms with E-state index in [4.69, 9.17) is 0 Å². The maximum absolute atomic E-state index is 11.7. The van der Waals surface area contributed by atoms with Crippen molar-refractivity contribution >= 4 is 17.1 Å². The van der Waals surface area contributed by atoms with Crippen molar-refractivity contribution in [3.05, 3.63) is 22.4 Å². The van der Waals surface area contributed by atoms with Gasteiger partial charge in [0.15, 0.2) is 0 Å². The summed E-state index contributed by atoms with van der Waals surface area (Å²) in [6.45, 7) is 4.61. The van der Waals surface area contributed by atoms with E-state index in [1.54, 1.807) is 0 Å². The van der Waals surface area contributed by atoms with Crippen molar-refractivity contribution in [1.29, 1.82) is 0 Å². The number of ketones is 1. The number of thiophene rings is 1. The summed E-state index contributed by atoms with van der Waals surface area (Å²) in [6, 6.07) is 5.92. The van der Waals surface area contributed by atoms with E-state index in [1.165, 1.54) is 17.7 Å². The van der Waals surface area contributed by atoms with Crippen LogP contribution in [0.3, 0.4) is 0 Å². The van der Waals surface area contributed by atoms with Gasteiger partial charge in [0, 0.05) is 35.8 Å². The van der Waals surface area contributed by atoms with Gasteiger partial charge in [0.1, 0.15) is 5.78 Å². The van der Waals surface area contributed by atoms with Crippen molar-refractivity contribution in [3.63, 3.8) is 0 Å². The number of hydrogen-bond donors (Lipinski definition) is 0. The second-order valence-electron chi connectivity index (χ2n) is 5.98. The number of fused-ring (bicyclic) bond motifs is 2. The van der Waals surface area contributed by atoms with E-state index in [2.05, 4.69) is 36.3 Å². The first-order chi connectivity index (χ1) is 8.66. The summed E-state index contributed by atoms with van der Waals surface area (Å²) in [5.41, 5.74) is 0. The summed E-state index contributed by atoms with van der Waals surface area (Å²) in [5, 5.41) is 2.17. The molecule has 1 aromatic rings. The van der Waals surface area contributed by atoms with Gasteiger partial charge in [-0.2, -0.15) is 0 Å². The van der Waals surface area contributed by atoms with Gasteiger partial charge < -0.3 is 0 Å². The van der Waals surface area contributed by atoms with Gasteiger partial charge in [-0.3, -0.25) is 9.69 Å². The minimum absolute atomic E-state index is 0.479. The molecule has 0 aromatic carbocycles. The second-order valence-corrected chi connectivity index (χ2v) is 6.96. The highest BCUT2D eigenvalue weighted by Crippen LogP contribution is 2.44. The van der Waals surface area contributed by atoms with E-state index in [0.29, 0.717) is 29.8 Å². The van der Waals surface area contributed by atoms with E-state index in [-0.39, 0.29) is 0 Å². The molecule has 2 bridgehead atoms. The Morgan fingerprint density at radius 2 is 1.94 bits per heavy atom. The van der Waals surface area contributed by atoms with Crippen LogP contribution in [0.15, 0.2) is 17.5 Å². The zero-order valence-corrected chi connectivity index (χ0v) is 12.0. The molecule has 3 heteroatoms. The van der Waals surface area contributed by atoms with Gasteiger partial charge in [-0.05, 0) is 30.2 Å². The van der Waals surface area contributed by atoms with E-state index in [0.717, 1.165) is 12.8 Å². The van der Waals surface area contributed by atoms with Gasteiger partial charge in [-0.1, -0.05) is 19.9 Å². The minimum atomic E-state index is 0.479. The number of nitrogens with zero attached hydrogens (tertiary/aromatic N) is 1. The van der Waals surface area contributed by atoms with Crippen molar-refractivity contribution in [3.8, 4) is 0 Å². The van der Waals surface area contributed by atoms with Crippen LogP contribution < -0.4 is 0 Å². The number of carbonyl (C=O) groups excluding carboxylic acids is 1. The van der Waals surface area contributed by atoms with Crippen LogP contribution in [0, 0.1) is 5.92 Å². The van der Waals surface area contributed by atoms with Crippen LogP contribution in [0.1, 0.15) is 50.4 Å². The maximum Gasteiger partial charge on any atom is 0.136 e.